The zero-order valence-corrected chi connectivity index (χ0v) is 18.0. The summed E-state index contributed by atoms with van der Waals surface area (Å²) >= 11 is 0. The first-order valence-corrected chi connectivity index (χ1v) is 10.5. The average molecular weight is 401 g/mol. The van der Waals surface area contributed by atoms with Gasteiger partial charge in [0.25, 0.3) is 0 Å². The lowest BCUT2D eigenvalue weighted by Crippen LogP contribution is -2.14. The van der Waals surface area contributed by atoms with Crippen LogP contribution < -0.4 is 0 Å². The number of hydrogen-bond acceptors (Lipinski definition) is 2. The summed E-state index contributed by atoms with van der Waals surface area (Å²) in [6.45, 7) is 8.99. The van der Waals surface area contributed by atoms with E-state index < -0.39 is 11.9 Å². The van der Waals surface area contributed by atoms with Gasteiger partial charge in [0.1, 0.15) is 5.65 Å². The minimum Gasteiger partial charge on any atom is -0.481 e. The molecular weight excluding hydrogens is 372 g/mol. The van der Waals surface area contributed by atoms with Crippen molar-refractivity contribution >= 4 is 27.9 Å². The van der Waals surface area contributed by atoms with Crippen LogP contribution in [0.1, 0.15) is 48.6 Å². The first-order valence-electron chi connectivity index (χ1n) is 10.5. The molecular formula is C26H28N2O2. The number of hydrogen-bond donors (Lipinski definition) is 1. The van der Waals surface area contributed by atoms with E-state index in [4.69, 9.17) is 4.98 Å². The molecule has 0 saturated heterocycles. The fourth-order valence-corrected chi connectivity index (χ4v) is 4.43. The molecule has 2 heterocycles. The number of aryl methyl sites for hydroxylation is 2. The number of nitrogens with zero attached hydrogens (tertiary/aromatic N) is 2. The Morgan fingerprint density at radius 1 is 1.07 bits per heavy atom. The first kappa shape index (κ1) is 20.1. The van der Waals surface area contributed by atoms with Crippen molar-refractivity contribution < 1.29 is 9.90 Å². The summed E-state index contributed by atoms with van der Waals surface area (Å²) in [5.41, 5.74) is 6.42. The van der Waals surface area contributed by atoms with E-state index in [1.54, 1.807) is 0 Å². The summed E-state index contributed by atoms with van der Waals surface area (Å²) in [5.74, 6) is -0.880. The standard InChI is InChI=1S/C26H28N2O2/c1-16(2)13-22(26(29)30)20-11-9-19(10-12-20)15-28-23-8-6-5-7-21(23)24-17(3)14-18(4)27-25(24)28/h5-12,14,16,22H,13,15H2,1-4H3,(H,29,30). The van der Waals surface area contributed by atoms with E-state index in [1.807, 2.05) is 19.1 Å². The topological polar surface area (TPSA) is 55.1 Å². The van der Waals surface area contributed by atoms with Crippen LogP contribution in [0.3, 0.4) is 0 Å². The minimum absolute atomic E-state index is 0.334. The van der Waals surface area contributed by atoms with E-state index in [-0.39, 0.29) is 0 Å². The Morgan fingerprint density at radius 3 is 2.43 bits per heavy atom. The van der Waals surface area contributed by atoms with Crippen molar-refractivity contribution in [2.45, 2.75) is 46.6 Å². The molecule has 0 fully saturated rings. The van der Waals surface area contributed by atoms with Gasteiger partial charge < -0.3 is 9.67 Å². The Bertz CT molecular complexity index is 1220. The largest absolute Gasteiger partial charge is 0.481 e. The van der Waals surface area contributed by atoms with Crippen LogP contribution in [0.5, 0.6) is 0 Å². The molecule has 2 aromatic heterocycles. The summed E-state index contributed by atoms with van der Waals surface area (Å²) in [4.78, 5) is 16.6. The van der Waals surface area contributed by atoms with E-state index in [0.29, 0.717) is 18.9 Å². The zero-order valence-electron chi connectivity index (χ0n) is 18.0. The van der Waals surface area contributed by atoms with Gasteiger partial charge in [-0.2, -0.15) is 0 Å². The van der Waals surface area contributed by atoms with Crippen molar-refractivity contribution in [1.82, 2.24) is 9.55 Å². The first-order chi connectivity index (χ1) is 14.3. The second-order valence-electron chi connectivity index (χ2n) is 8.64. The number of para-hydroxylation sites is 1. The third-order valence-electron chi connectivity index (χ3n) is 5.77. The zero-order chi connectivity index (χ0) is 21.4. The molecule has 0 amide bonds. The van der Waals surface area contributed by atoms with Crippen molar-refractivity contribution in [3.63, 3.8) is 0 Å². The number of aromatic nitrogens is 2. The molecule has 0 saturated carbocycles. The third kappa shape index (κ3) is 3.70. The van der Waals surface area contributed by atoms with Crippen LogP contribution in [0.25, 0.3) is 21.9 Å². The maximum Gasteiger partial charge on any atom is 0.310 e. The lowest BCUT2D eigenvalue weighted by Gasteiger charge is -2.16. The molecule has 4 rings (SSSR count). The van der Waals surface area contributed by atoms with Gasteiger partial charge in [0.15, 0.2) is 0 Å². The van der Waals surface area contributed by atoms with Gasteiger partial charge in [-0.1, -0.05) is 56.3 Å². The molecule has 2 aromatic carbocycles. The van der Waals surface area contributed by atoms with Crippen LogP contribution in [0, 0.1) is 19.8 Å². The number of pyridine rings is 1. The molecule has 154 valence electrons. The second-order valence-corrected chi connectivity index (χ2v) is 8.64. The highest BCUT2D eigenvalue weighted by atomic mass is 16.4. The van der Waals surface area contributed by atoms with Crippen molar-refractivity contribution in [2.24, 2.45) is 5.92 Å². The Kier molecular flexibility index (Phi) is 5.33. The van der Waals surface area contributed by atoms with E-state index in [2.05, 4.69) is 67.8 Å². The normalized spacial score (nSPS) is 12.7. The van der Waals surface area contributed by atoms with Crippen molar-refractivity contribution in [1.29, 1.82) is 0 Å². The summed E-state index contributed by atoms with van der Waals surface area (Å²) < 4.78 is 2.27. The predicted molar refractivity (Wildman–Crippen MR) is 122 cm³/mol. The number of carbonyl (C=O) groups is 1. The smallest absolute Gasteiger partial charge is 0.310 e. The predicted octanol–water partition coefficient (Wildman–Crippen LogP) is 6.07. The molecule has 1 atom stereocenters. The Morgan fingerprint density at radius 2 is 1.77 bits per heavy atom. The molecule has 4 heteroatoms. The van der Waals surface area contributed by atoms with E-state index in [9.17, 15) is 9.90 Å². The third-order valence-corrected chi connectivity index (χ3v) is 5.77. The van der Waals surface area contributed by atoms with Gasteiger partial charge in [-0.15, -0.1) is 0 Å². The SMILES string of the molecule is Cc1cc(C)c2c3ccccc3n(Cc3ccc(C(CC(C)C)C(=O)O)cc3)c2n1. The average Bonchev–Trinajstić information content (AvgIpc) is 3.00. The summed E-state index contributed by atoms with van der Waals surface area (Å²) in [7, 11) is 0. The Labute approximate surface area is 177 Å². The molecule has 0 radical (unpaired) electrons. The van der Waals surface area contributed by atoms with Crippen LogP contribution in [0.4, 0.5) is 0 Å². The fraction of sp³-hybridized carbons (Fsp3) is 0.308. The maximum atomic E-state index is 11.7. The number of rotatable bonds is 6. The summed E-state index contributed by atoms with van der Waals surface area (Å²) in [6, 6.07) is 18.6. The van der Waals surface area contributed by atoms with Gasteiger partial charge in [0.05, 0.1) is 11.4 Å². The number of carboxylic acid groups (broad SMARTS) is 1. The molecule has 0 aliphatic rings. The highest BCUT2D eigenvalue weighted by molar-refractivity contribution is 6.08. The minimum atomic E-state index is -0.756. The van der Waals surface area contributed by atoms with Gasteiger partial charge in [-0.05, 0) is 55.0 Å². The lowest BCUT2D eigenvalue weighted by atomic mass is 9.90. The Hall–Kier alpha value is -3.14. The molecule has 30 heavy (non-hydrogen) atoms. The highest BCUT2D eigenvalue weighted by Crippen LogP contribution is 2.32. The van der Waals surface area contributed by atoms with Crippen LogP contribution in [0.2, 0.25) is 0 Å². The van der Waals surface area contributed by atoms with Crippen LogP contribution >= 0.6 is 0 Å². The quantitative estimate of drug-likeness (QED) is 0.427. The molecule has 1 N–H and O–H groups in total. The number of benzene rings is 2. The van der Waals surface area contributed by atoms with E-state index >= 15 is 0 Å². The van der Waals surface area contributed by atoms with Gasteiger partial charge in [-0.3, -0.25) is 4.79 Å². The molecule has 4 nitrogen and oxygen atoms in total. The molecule has 1 unspecified atom stereocenters. The van der Waals surface area contributed by atoms with Crippen LogP contribution in [-0.2, 0) is 11.3 Å². The number of carboxylic acids is 1. The fourth-order valence-electron chi connectivity index (χ4n) is 4.43. The summed E-state index contributed by atoms with van der Waals surface area (Å²) in [5, 5.41) is 12.1. The molecule has 0 bridgehead atoms. The van der Waals surface area contributed by atoms with E-state index in [0.717, 1.165) is 22.5 Å². The van der Waals surface area contributed by atoms with Crippen molar-refractivity contribution in [3.05, 3.63) is 77.0 Å². The van der Waals surface area contributed by atoms with Crippen molar-refractivity contribution in [2.75, 3.05) is 0 Å². The maximum absolute atomic E-state index is 11.7. The number of fused-ring (bicyclic) bond motifs is 3. The molecule has 4 aromatic rings. The van der Waals surface area contributed by atoms with Crippen molar-refractivity contribution in [3.8, 4) is 0 Å². The van der Waals surface area contributed by atoms with E-state index in [1.165, 1.54) is 21.9 Å². The highest BCUT2D eigenvalue weighted by Gasteiger charge is 2.21. The number of aliphatic carboxylic acids is 1. The van der Waals surface area contributed by atoms with Gasteiger partial charge in [0.2, 0.25) is 0 Å². The van der Waals surface area contributed by atoms with Gasteiger partial charge in [-0.25, -0.2) is 4.98 Å². The van der Waals surface area contributed by atoms with Crippen LogP contribution in [-0.4, -0.2) is 20.6 Å². The van der Waals surface area contributed by atoms with Gasteiger partial charge >= 0.3 is 5.97 Å². The molecule has 0 spiro atoms. The van der Waals surface area contributed by atoms with Crippen LogP contribution in [0.15, 0.2) is 54.6 Å². The molecule has 0 aliphatic heterocycles. The summed E-state index contributed by atoms with van der Waals surface area (Å²) in [6.07, 6.45) is 0.643. The lowest BCUT2D eigenvalue weighted by molar-refractivity contribution is -0.139. The Balaban J connectivity index is 1.75. The van der Waals surface area contributed by atoms with Gasteiger partial charge in [0, 0.05) is 23.0 Å². The second kappa shape index (κ2) is 7.94. The monoisotopic (exact) mass is 400 g/mol. The molecule has 0 aliphatic carbocycles.